The lowest BCUT2D eigenvalue weighted by Crippen LogP contribution is -2.63. The van der Waals surface area contributed by atoms with Crippen LogP contribution >= 0.6 is 11.8 Å². The zero-order chi connectivity index (χ0) is 28.6. The van der Waals surface area contributed by atoms with Crippen LogP contribution in [-0.4, -0.2) is 17.4 Å². The van der Waals surface area contributed by atoms with E-state index >= 15 is 17.6 Å². The molecule has 3 aromatic rings. The van der Waals surface area contributed by atoms with Crippen LogP contribution in [-0.2, 0) is 0 Å². The largest absolute Gasteiger partial charge is 0.268 e. The summed E-state index contributed by atoms with van der Waals surface area (Å²) in [6.07, 6.45) is -5.09. The molecular weight excluding hydrogens is 547 g/mol. The fourth-order valence-corrected chi connectivity index (χ4v) is 4.97. The van der Waals surface area contributed by atoms with E-state index in [1.54, 1.807) is 30.3 Å². The van der Waals surface area contributed by atoms with Gasteiger partial charge in [-0.15, -0.1) is 33.9 Å². The van der Waals surface area contributed by atoms with Gasteiger partial charge in [-0.25, -0.2) is 43.9 Å². The zero-order valence-electron chi connectivity index (χ0n) is 20.0. The van der Waals surface area contributed by atoms with Crippen molar-refractivity contribution in [1.29, 1.82) is 0 Å². The molecule has 0 spiro atoms. The molecular formula is C25H18BF10NS. The summed E-state index contributed by atoms with van der Waals surface area (Å²) in [7, 11) is 0. The van der Waals surface area contributed by atoms with E-state index in [1.165, 1.54) is 20.8 Å². The van der Waals surface area contributed by atoms with E-state index in [9.17, 15) is 26.3 Å². The minimum Gasteiger partial charge on any atom is -0.207 e. The second-order valence-electron chi connectivity index (χ2n) is 9.37. The van der Waals surface area contributed by atoms with Gasteiger partial charge in [0.1, 0.15) is 23.3 Å². The van der Waals surface area contributed by atoms with Gasteiger partial charge in [0.05, 0.1) is 5.97 Å². The molecule has 13 heteroatoms. The van der Waals surface area contributed by atoms with Gasteiger partial charge in [0.15, 0.2) is 34.9 Å². The summed E-state index contributed by atoms with van der Waals surface area (Å²) < 4.78 is 146. The van der Waals surface area contributed by atoms with E-state index < -0.39 is 87.1 Å². The fraction of sp³-hybridized carbons (Fsp3) is 0.240. The lowest BCUT2D eigenvalue weighted by atomic mass is 9.17. The highest BCUT2D eigenvalue weighted by molar-refractivity contribution is 7.99. The zero-order valence-corrected chi connectivity index (χ0v) is 20.8. The van der Waals surface area contributed by atoms with E-state index in [4.69, 9.17) is 0 Å². The lowest BCUT2D eigenvalue weighted by molar-refractivity contribution is 0.381. The van der Waals surface area contributed by atoms with Crippen molar-refractivity contribution >= 4 is 28.8 Å². The van der Waals surface area contributed by atoms with Gasteiger partial charge in [-0.05, 0) is 17.9 Å². The van der Waals surface area contributed by atoms with Gasteiger partial charge in [-0.1, -0.05) is 18.2 Å². The van der Waals surface area contributed by atoms with Crippen LogP contribution in [0.5, 0.6) is 0 Å². The maximum atomic E-state index is 15.2. The first-order chi connectivity index (χ1) is 17.6. The molecule has 0 N–H and O–H groups in total. The van der Waals surface area contributed by atoms with E-state index in [-0.39, 0.29) is 5.75 Å². The molecule has 3 aromatic carbocycles. The number of halogens is 10. The molecule has 0 bridgehead atoms. The quantitative estimate of drug-likeness (QED) is 0.101. The van der Waals surface area contributed by atoms with Crippen LogP contribution in [0.2, 0.25) is 6.32 Å². The third kappa shape index (κ3) is 5.37. The highest BCUT2D eigenvalue weighted by Gasteiger charge is 2.46. The molecule has 0 aliphatic heterocycles. The van der Waals surface area contributed by atoms with Gasteiger partial charge in [0.25, 0.3) is 5.54 Å². The van der Waals surface area contributed by atoms with Crippen LogP contribution in [0.25, 0.3) is 4.85 Å². The molecule has 0 aromatic heterocycles. The van der Waals surface area contributed by atoms with Crippen molar-refractivity contribution in [2.24, 2.45) is 0 Å². The Balaban J connectivity index is 2.50. The Morgan fingerprint density at radius 1 is 0.632 bits per heavy atom. The van der Waals surface area contributed by atoms with Gasteiger partial charge in [0, 0.05) is 25.7 Å². The first kappa shape index (κ1) is 29.4. The maximum absolute atomic E-state index is 15.2. The van der Waals surface area contributed by atoms with Crippen molar-refractivity contribution in [2.45, 2.75) is 37.5 Å². The molecule has 0 atom stereocenters. The molecule has 0 radical (unpaired) electrons. The molecule has 38 heavy (non-hydrogen) atoms. The van der Waals surface area contributed by atoms with Crippen LogP contribution in [0.15, 0.2) is 35.2 Å². The van der Waals surface area contributed by atoms with Crippen molar-refractivity contribution in [3.8, 4) is 5.97 Å². The number of benzene rings is 3. The Bertz CT molecular complexity index is 1320. The molecule has 0 saturated heterocycles. The number of thioether (sulfide) groups is 1. The predicted molar refractivity (Wildman–Crippen MR) is 126 cm³/mol. The van der Waals surface area contributed by atoms with E-state index in [0.717, 1.165) is 11.8 Å². The van der Waals surface area contributed by atoms with Crippen molar-refractivity contribution < 1.29 is 43.9 Å². The van der Waals surface area contributed by atoms with Crippen molar-refractivity contribution in [2.75, 3.05) is 5.75 Å². The topological polar surface area (TPSA) is 4.36 Å². The molecule has 0 aliphatic rings. The summed E-state index contributed by atoms with van der Waals surface area (Å²) >= 11 is 0.938. The lowest BCUT2D eigenvalue weighted by Gasteiger charge is -2.33. The summed E-state index contributed by atoms with van der Waals surface area (Å²) in [5.74, 6) is -23.3. The van der Waals surface area contributed by atoms with Gasteiger partial charge >= 0.3 is 0 Å². The van der Waals surface area contributed by atoms with Crippen LogP contribution in [0.3, 0.4) is 0 Å². The monoisotopic (exact) mass is 565 g/mol. The van der Waals surface area contributed by atoms with Gasteiger partial charge < -0.3 is 0 Å². The number of nitrogens with zero attached hydrogens (tertiary/aromatic N) is 1. The Morgan fingerprint density at radius 3 is 1.37 bits per heavy atom. The minimum atomic E-state index is -4.21. The summed E-state index contributed by atoms with van der Waals surface area (Å²) in [5.41, 5.74) is -4.81. The average Bonchev–Trinajstić information content (AvgIpc) is 2.87. The SMILES string of the molecule is CC(C)(C)[N+]#C[B-](CCSc1ccccc1)(c1c(F)c(F)c(F)c(F)c1F)c1c(F)c(F)c(F)c(F)c1F. The standard InChI is InChI=1S/C25H18BF10NS/c1-25(2,3)37-11-26(9-10-38-12-7-5-4-6-8-12,13-15(27)19(31)23(35)20(32)16(13)28)14-17(29)21(33)24(36)22(34)18(14)30/h4-8H,9-10H2,1-3H3. The third-order valence-electron chi connectivity index (χ3n) is 5.66. The minimum absolute atomic E-state index is 0.338. The normalized spacial score (nSPS) is 11.9. The van der Waals surface area contributed by atoms with Crippen LogP contribution in [0.4, 0.5) is 43.9 Å². The van der Waals surface area contributed by atoms with Gasteiger partial charge in [0.2, 0.25) is 6.15 Å². The Kier molecular flexibility index (Phi) is 8.46. The summed E-state index contributed by atoms with van der Waals surface area (Å²) in [4.78, 5) is 4.39. The predicted octanol–water partition coefficient (Wildman–Crippen LogP) is 7.10. The smallest absolute Gasteiger partial charge is 0.207 e. The van der Waals surface area contributed by atoms with Gasteiger partial charge in [-0.2, -0.15) is 0 Å². The summed E-state index contributed by atoms with van der Waals surface area (Å²) in [6, 6.07) is 8.06. The molecule has 0 amide bonds. The molecule has 0 heterocycles. The molecule has 1 nitrogen and oxygen atoms in total. The number of hydrogen-bond donors (Lipinski definition) is 0. The van der Waals surface area contributed by atoms with E-state index in [1.807, 2.05) is 0 Å². The highest BCUT2D eigenvalue weighted by atomic mass is 32.2. The molecule has 3 rings (SSSR count). The third-order valence-corrected chi connectivity index (χ3v) is 6.70. The second-order valence-corrected chi connectivity index (χ2v) is 10.5. The second kappa shape index (κ2) is 10.9. The molecule has 0 unspecified atom stereocenters. The van der Waals surface area contributed by atoms with Crippen LogP contribution in [0.1, 0.15) is 20.8 Å². The summed E-state index contributed by atoms with van der Waals surface area (Å²) in [5, 5.41) is 0. The molecule has 0 aliphatic carbocycles. The Morgan fingerprint density at radius 2 is 1.00 bits per heavy atom. The van der Waals surface area contributed by atoms with Crippen LogP contribution in [0, 0.1) is 64.1 Å². The highest BCUT2D eigenvalue weighted by Crippen LogP contribution is 2.29. The van der Waals surface area contributed by atoms with E-state index in [0.29, 0.717) is 4.90 Å². The first-order valence-corrected chi connectivity index (χ1v) is 12.0. The number of hydrogen-bond acceptors (Lipinski definition) is 1. The molecule has 0 fully saturated rings. The first-order valence-electron chi connectivity index (χ1n) is 11.0. The molecule has 202 valence electrons. The van der Waals surface area contributed by atoms with Crippen LogP contribution < -0.4 is 10.9 Å². The maximum Gasteiger partial charge on any atom is 0.268 e. The van der Waals surface area contributed by atoms with E-state index in [2.05, 4.69) is 10.8 Å². The Hall–Kier alpha value is -3.14. The average molecular weight is 565 g/mol. The number of rotatable bonds is 6. The Labute approximate surface area is 215 Å². The molecule has 0 saturated carbocycles. The fourth-order valence-electron chi connectivity index (χ4n) is 3.91. The summed E-state index contributed by atoms with van der Waals surface area (Å²) in [6.45, 7) is 4.20. The van der Waals surface area contributed by atoms with Gasteiger partial charge in [-0.3, -0.25) is 0 Å². The van der Waals surface area contributed by atoms with Crippen molar-refractivity contribution in [3.05, 3.63) is 93.3 Å². The van der Waals surface area contributed by atoms with Crippen molar-refractivity contribution in [1.82, 2.24) is 0 Å². The van der Waals surface area contributed by atoms with Crippen molar-refractivity contribution in [3.63, 3.8) is 0 Å².